The average molecular weight is 269 g/mol. The molecule has 1 aromatic heterocycles. The van der Waals surface area contributed by atoms with E-state index >= 15 is 0 Å². The number of rotatable bonds is 3. The summed E-state index contributed by atoms with van der Waals surface area (Å²) >= 11 is 5.66. The number of nitrogens with zero attached hydrogens (tertiary/aromatic N) is 2. The van der Waals surface area contributed by atoms with E-state index in [0.29, 0.717) is 11.0 Å². The molecule has 5 nitrogen and oxygen atoms in total. The minimum Gasteiger partial charge on any atom is -0.317 e. The summed E-state index contributed by atoms with van der Waals surface area (Å²) < 4.78 is 0. The van der Waals surface area contributed by atoms with Crippen LogP contribution in [-0.4, -0.2) is 29.2 Å². The van der Waals surface area contributed by atoms with Gasteiger partial charge in [-0.15, -0.1) is 10.2 Å². The predicted molar refractivity (Wildman–Crippen MR) is 70.5 cm³/mol. The number of aromatic nitrogens is 2. The molecule has 6 heteroatoms. The molecule has 0 spiro atoms. The number of hydrogen-bond donors (Lipinski definition) is 2. The monoisotopic (exact) mass is 268 g/mol. The number of anilines is 1. The standard InChI is InChI=1S/C12H17ClN4O/c1-2-12(5-7-14-8-6-12)11(18)15-10-4-3-9(13)16-17-10/h3-4,14H,2,5-8H2,1H3,(H,15,17,18). The lowest BCUT2D eigenvalue weighted by Crippen LogP contribution is -2.44. The second kappa shape index (κ2) is 5.63. The zero-order valence-electron chi connectivity index (χ0n) is 10.4. The number of piperidine rings is 1. The number of carbonyl (C=O) groups is 1. The van der Waals surface area contributed by atoms with Crippen molar-refractivity contribution >= 4 is 23.3 Å². The Morgan fingerprint density at radius 3 is 2.72 bits per heavy atom. The van der Waals surface area contributed by atoms with Gasteiger partial charge < -0.3 is 10.6 Å². The first-order valence-corrected chi connectivity index (χ1v) is 6.55. The van der Waals surface area contributed by atoms with Gasteiger partial charge in [-0.2, -0.15) is 0 Å². The van der Waals surface area contributed by atoms with Gasteiger partial charge in [0.15, 0.2) is 11.0 Å². The fraction of sp³-hybridized carbons (Fsp3) is 0.583. The van der Waals surface area contributed by atoms with Crippen molar-refractivity contribution in [3.63, 3.8) is 0 Å². The molecule has 0 radical (unpaired) electrons. The molecule has 0 atom stereocenters. The molecule has 98 valence electrons. The van der Waals surface area contributed by atoms with Crippen molar-refractivity contribution in [1.82, 2.24) is 15.5 Å². The summed E-state index contributed by atoms with van der Waals surface area (Å²) in [5.74, 6) is 0.485. The summed E-state index contributed by atoms with van der Waals surface area (Å²) in [5, 5.41) is 14.0. The van der Waals surface area contributed by atoms with E-state index in [9.17, 15) is 4.79 Å². The quantitative estimate of drug-likeness (QED) is 0.878. The Bertz CT molecular complexity index is 415. The van der Waals surface area contributed by atoms with E-state index in [1.54, 1.807) is 12.1 Å². The Kier molecular flexibility index (Phi) is 4.14. The molecule has 1 saturated heterocycles. The van der Waals surface area contributed by atoms with Crippen molar-refractivity contribution in [3.8, 4) is 0 Å². The molecule has 2 rings (SSSR count). The Morgan fingerprint density at radius 2 is 2.17 bits per heavy atom. The van der Waals surface area contributed by atoms with Crippen LogP contribution in [0.3, 0.4) is 0 Å². The number of carbonyl (C=O) groups excluding carboxylic acids is 1. The van der Waals surface area contributed by atoms with Crippen LogP contribution < -0.4 is 10.6 Å². The summed E-state index contributed by atoms with van der Waals surface area (Å²) in [6.45, 7) is 3.82. The van der Waals surface area contributed by atoms with Gasteiger partial charge in [0.1, 0.15) is 0 Å². The van der Waals surface area contributed by atoms with E-state index in [2.05, 4.69) is 27.8 Å². The number of halogens is 1. The van der Waals surface area contributed by atoms with E-state index in [-0.39, 0.29) is 11.3 Å². The van der Waals surface area contributed by atoms with Crippen molar-refractivity contribution in [3.05, 3.63) is 17.3 Å². The van der Waals surface area contributed by atoms with Crippen LogP contribution in [0.2, 0.25) is 5.15 Å². The van der Waals surface area contributed by atoms with E-state index in [4.69, 9.17) is 11.6 Å². The van der Waals surface area contributed by atoms with Crippen molar-refractivity contribution in [2.75, 3.05) is 18.4 Å². The van der Waals surface area contributed by atoms with Gasteiger partial charge in [-0.3, -0.25) is 4.79 Å². The molecular weight excluding hydrogens is 252 g/mol. The molecule has 1 aliphatic rings. The van der Waals surface area contributed by atoms with Crippen LogP contribution in [0.4, 0.5) is 5.82 Å². The van der Waals surface area contributed by atoms with E-state index in [1.165, 1.54) is 0 Å². The fourth-order valence-electron chi connectivity index (χ4n) is 2.28. The summed E-state index contributed by atoms with van der Waals surface area (Å²) in [5.41, 5.74) is -0.285. The van der Waals surface area contributed by atoms with Gasteiger partial charge in [0.05, 0.1) is 5.41 Å². The molecule has 1 fully saturated rings. The highest BCUT2D eigenvalue weighted by atomic mass is 35.5. The van der Waals surface area contributed by atoms with Crippen LogP contribution in [0.1, 0.15) is 26.2 Å². The van der Waals surface area contributed by atoms with E-state index < -0.39 is 0 Å². The second-order valence-electron chi connectivity index (χ2n) is 4.58. The average Bonchev–Trinajstić information content (AvgIpc) is 2.42. The van der Waals surface area contributed by atoms with Gasteiger partial charge in [0, 0.05) is 0 Å². The van der Waals surface area contributed by atoms with E-state index in [0.717, 1.165) is 32.4 Å². The van der Waals surface area contributed by atoms with Gasteiger partial charge in [0.2, 0.25) is 5.91 Å². The first kappa shape index (κ1) is 13.2. The highest BCUT2D eigenvalue weighted by molar-refractivity contribution is 6.29. The third-order valence-electron chi connectivity index (χ3n) is 3.59. The zero-order chi connectivity index (χ0) is 13.0. The lowest BCUT2D eigenvalue weighted by molar-refractivity contribution is -0.127. The minimum absolute atomic E-state index is 0.0307. The summed E-state index contributed by atoms with van der Waals surface area (Å²) in [4.78, 5) is 12.4. The smallest absolute Gasteiger partial charge is 0.231 e. The summed E-state index contributed by atoms with van der Waals surface area (Å²) in [6.07, 6.45) is 2.55. The molecule has 0 aliphatic carbocycles. The fourth-order valence-corrected chi connectivity index (χ4v) is 2.38. The summed E-state index contributed by atoms with van der Waals surface area (Å²) in [6, 6.07) is 3.28. The Hall–Kier alpha value is -1.20. The number of hydrogen-bond acceptors (Lipinski definition) is 4. The molecule has 2 heterocycles. The first-order chi connectivity index (χ1) is 8.66. The molecule has 0 unspecified atom stereocenters. The Morgan fingerprint density at radius 1 is 1.44 bits per heavy atom. The van der Waals surface area contributed by atoms with Crippen LogP contribution in [0.25, 0.3) is 0 Å². The van der Waals surface area contributed by atoms with Gasteiger partial charge in [-0.05, 0) is 44.5 Å². The lowest BCUT2D eigenvalue weighted by Gasteiger charge is -2.35. The molecule has 0 bridgehead atoms. The van der Waals surface area contributed by atoms with Gasteiger partial charge in [0.25, 0.3) is 0 Å². The Labute approximate surface area is 111 Å². The second-order valence-corrected chi connectivity index (χ2v) is 4.97. The molecule has 18 heavy (non-hydrogen) atoms. The third kappa shape index (κ3) is 2.79. The molecule has 0 saturated carbocycles. The van der Waals surface area contributed by atoms with Crippen LogP contribution >= 0.6 is 11.6 Å². The summed E-state index contributed by atoms with van der Waals surface area (Å²) in [7, 11) is 0. The first-order valence-electron chi connectivity index (χ1n) is 6.18. The van der Waals surface area contributed by atoms with Gasteiger partial charge in [-0.1, -0.05) is 18.5 Å². The van der Waals surface area contributed by atoms with Crippen molar-refractivity contribution in [1.29, 1.82) is 0 Å². The lowest BCUT2D eigenvalue weighted by atomic mass is 9.76. The zero-order valence-corrected chi connectivity index (χ0v) is 11.1. The predicted octanol–water partition coefficient (Wildman–Crippen LogP) is 1.85. The largest absolute Gasteiger partial charge is 0.317 e. The highest BCUT2D eigenvalue weighted by Gasteiger charge is 2.37. The minimum atomic E-state index is -0.285. The third-order valence-corrected chi connectivity index (χ3v) is 3.79. The molecule has 1 aliphatic heterocycles. The van der Waals surface area contributed by atoms with Gasteiger partial charge >= 0.3 is 0 Å². The van der Waals surface area contributed by atoms with Crippen molar-refractivity contribution in [2.45, 2.75) is 26.2 Å². The number of nitrogens with one attached hydrogen (secondary N) is 2. The maximum atomic E-state index is 12.4. The van der Waals surface area contributed by atoms with Crippen LogP contribution in [-0.2, 0) is 4.79 Å². The van der Waals surface area contributed by atoms with Crippen LogP contribution in [0, 0.1) is 5.41 Å². The van der Waals surface area contributed by atoms with Crippen molar-refractivity contribution in [2.24, 2.45) is 5.41 Å². The van der Waals surface area contributed by atoms with Gasteiger partial charge in [-0.25, -0.2) is 0 Å². The van der Waals surface area contributed by atoms with Crippen molar-refractivity contribution < 1.29 is 4.79 Å². The highest BCUT2D eigenvalue weighted by Crippen LogP contribution is 2.33. The molecule has 0 aromatic carbocycles. The Balaban J connectivity index is 2.07. The molecule has 1 amide bonds. The van der Waals surface area contributed by atoms with Crippen LogP contribution in [0.15, 0.2) is 12.1 Å². The topological polar surface area (TPSA) is 66.9 Å². The molecule has 1 aromatic rings. The van der Waals surface area contributed by atoms with Crippen LogP contribution in [0.5, 0.6) is 0 Å². The SMILES string of the molecule is CCC1(C(=O)Nc2ccc(Cl)nn2)CCNCC1. The maximum Gasteiger partial charge on any atom is 0.231 e. The maximum absolute atomic E-state index is 12.4. The molecule has 2 N–H and O–H groups in total. The van der Waals surface area contributed by atoms with E-state index in [1.807, 2.05) is 0 Å². The molecular formula is C12H17ClN4O. The number of amides is 1. The normalized spacial score (nSPS) is 18.3.